The number of nitrogens with one attached hydrogen (secondary N) is 1. The summed E-state index contributed by atoms with van der Waals surface area (Å²) in [6.45, 7) is 4.07. The minimum atomic E-state index is -0.252. The molecule has 3 amide bonds. The highest BCUT2D eigenvalue weighted by molar-refractivity contribution is 5.94. The fourth-order valence-corrected chi connectivity index (χ4v) is 3.79. The van der Waals surface area contributed by atoms with Crippen LogP contribution in [0.5, 0.6) is 0 Å². The first-order valence-electron chi connectivity index (χ1n) is 11.0. The van der Waals surface area contributed by atoms with E-state index >= 15 is 0 Å². The Morgan fingerprint density at radius 2 is 1.39 bits per heavy atom. The van der Waals surface area contributed by atoms with Gasteiger partial charge in [-0.25, -0.2) is 0 Å². The molecule has 1 heterocycles. The van der Waals surface area contributed by atoms with Crippen molar-refractivity contribution in [3.63, 3.8) is 0 Å². The van der Waals surface area contributed by atoms with E-state index in [0.717, 1.165) is 12.8 Å². The van der Waals surface area contributed by atoms with Crippen molar-refractivity contribution >= 4 is 17.7 Å². The third-order valence-electron chi connectivity index (χ3n) is 5.58. The molecule has 0 aliphatic carbocycles. The van der Waals surface area contributed by atoms with E-state index < -0.39 is 0 Å². The Hall–Kier alpha value is -3.15. The summed E-state index contributed by atoms with van der Waals surface area (Å²) >= 11 is 0. The Balaban J connectivity index is 1.36. The molecule has 0 saturated carbocycles. The van der Waals surface area contributed by atoms with Crippen molar-refractivity contribution in [1.82, 2.24) is 15.1 Å². The zero-order valence-corrected chi connectivity index (χ0v) is 18.1. The molecule has 0 bridgehead atoms. The lowest BCUT2D eigenvalue weighted by Gasteiger charge is -2.35. The van der Waals surface area contributed by atoms with Crippen LogP contribution in [0.2, 0.25) is 0 Å². The van der Waals surface area contributed by atoms with Crippen molar-refractivity contribution < 1.29 is 14.4 Å². The highest BCUT2D eigenvalue weighted by Crippen LogP contribution is 2.10. The highest BCUT2D eigenvalue weighted by Gasteiger charge is 2.25. The van der Waals surface area contributed by atoms with Crippen molar-refractivity contribution in [2.24, 2.45) is 0 Å². The van der Waals surface area contributed by atoms with Gasteiger partial charge in [0.2, 0.25) is 11.8 Å². The second kappa shape index (κ2) is 11.3. The normalized spacial score (nSPS) is 14.7. The smallest absolute Gasteiger partial charge is 0.251 e. The van der Waals surface area contributed by atoms with E-state index in [9.17, 15) is 14.4 Å². The number of carbonyl (C=O) groups is 3. The summed E-state index contributed by atoms with van der Waals surface area (Å²) in [4.78, 5) is 41.0. The van der Waals surface area contributed by atoms with Crippen molar-refractivity contribution in [3.05, 3.63) is 71.8 Å². The Labute approximate surface area is 184 Å². The molecule has 31 heavy (non-hydrogen) atoms. The summed E-state index contributed by atoms with van der Waals surface area (Å²) < 4.78 is 0. The number of aryl methyl sites for hydroxylation is 1. The number of hydrogen-bond acceptors (Lipinski definition) is 3. The van der Waals surface area contributed by atoms with Crippen molar-refractivity contribution in [3.8, 4) is 0 Å². The maximum atomic E-state index is 12.6. The van der Waals surface area contributed by atoms with Crippen LogP contribution < -0.4 is 5.32 Å². The van der Waals surface area contributed by atoms with Gasteiger partial charge in [0.15, 0.2) is 0 Å². The molecule has 1 aliphatic rings. The number of nitrogens with zero attached hydrogens (tertiary/aromatic N) is 2. The molecule has 6 heteroatoms. The number of rotatable bonds is 8. The highest BCUT2D eigenvalue weighted by atomic mass is 16.2. The lowest BCUT2D eigenvalue weighted by atomic mass is 10.1. The maximum absolute atomic E-state index is 12.6. The monoisotopic (exact) mass is 421 g/mol. The molecule has 0 radical (unpaired) electrons. The van der Waals surface area contributed by atoms with E-state index in [1.54, 1.807) is 17.0 Å². The molecule has 6 nitrogen and oxygen atoms in total. The first-order chi connectivity index (χ1) is 15.0. The van der Waals surface area contributed by atoms with E-state index in [1.165, 1.54) is 5.56 Å². The van der Waals surface area contributed by atoms with Gasteiger partial charge in [-0.1, -0.05) is 48.5 Å². The van der Waals surface area contributed by atoms with Gasteiger partial charge in [-0.05, 0) is 37.5 Å². The Kier molecular flexibility index (Phi) is 8.21. The van der Waals surface area contributed by atoms with Gasteiger partial charge in [-0.15, -0.1) is 0 Å². The topological polar surface area (TPSA) is 69.7 Å². The second-order valence-corrected chi connectivity index (χ2v) is 8.05. The number of amides is 3. The fourth-order valence-electron chi connectivity index (χ4n) is 3.79. The van der Waals surface area contributed by atoms with Crippen molar-refractivity contribution in [2.45, 2.75) is 38.6 Å². The Morgan fingerprint density at radius 1 is 0.839 bits per heavy atom. The summed E-state index contributed by atoms with van der Waals surface area (Å²) in [7, 11) is 0. The second-order valence-electron chi connectivity index (χ2n) is 8.05. The van der Waals surface area contributed by atoms with E-state index in [4.69, 9.17) is 0 Å². The van der Waals surface area contributed by atoms with Crippen LogP contribution in [0.25, 0.3) is 0 Å². The fraction of sp³-hybridized carbons (Fsp3) is 0.400. The maximum Gasteiger partial charge on any atom is 0.251 e. The van der Waals surface area contributed by atoms with Gasteiger partial charge < -0.3 is 15.1 Å². The summed E-state index contributed by atoms with van der Waals surface area (Å²) in [5.41, 5.74) is 1.83. The molecule has 1 atom stereocenters. The number of benzene rings is 2. The predicted octanol–water partition coefficient (Wildman–Crippen LogP) is 2.89. The van der Waals surface area contributed by atoms with Crippen LogP contribution in [-0.4, -0.2) is 59.7 Å². The van der Waals surface area contributed by atoms with Gasteiger partial charge in [-0.2, -0.15) is 0 Å². The number of carbonyl (C=O) groups excluding carboxylic acids is 3. The lowest BCUT2D eigenvalue weighted by Crippen LogP contribution is -2.51. The molecule has 0 aromatic heterocycles. The van der Waals surface area contributed by atoms with E-state index in [2.05, 4.69) is 17.4 Å². The van der Waals surface area contributed by atoms with Crippen LogP contribution in [0.3, 0.4) is 0 Å². The van der Waals surface area contributed by atoms with Gasteiger partial charge >= 0.3 is 0 Å². The predicted molar refractivity (Wildman–Crippen MR) is 121 cm³/mol. The van der Waals surface area contributed by atoms with Crippen molar-refractivity contribution in [2.75, 3.05) is 26.2 Å². The minimum Gasteiger partial charge on any atom is -0.349 e. The van der Waals surface area contributed by atoms with Crippen LogP contribution in [0, 0.1) is 0 Å². The standard InChI is InChI=1S/C25H31N3O3/c1-20(26-25(31)22-12-6-3-7-13-22)19-24(30)28-17-15-27(16-18-28)23(29)14-8-11-21-9-4-2-5-10-21/h2-7,9-10,12-13,20H,8,11,14-19H2,1H3,(H,26,31). The molecule has 1 aliphatic heterocycles. The third kappa shape index (κ3) is 6.95. The number of piperazine rings is 1. The molecule has 1 unspecified atom stereocenters. The van der Waals surface area contributed by atoms with Gasteiger partial charge in [0.25, 0.3) is 5.91 Å². The molecule has 2 aromatic carbocycles. The lowest BCUT2D eigenvalue weighted by molar-refractivity contribution is -0.139. The van der Waals surface area contributed by atoms with Gasteiger partial charge in [-0.3, -0.25) is 14.4 Å². The molecular weight excluding hydrogens is 390 g/mol. The van der Waals surface area contributed by atoms with Crippen LogP contribution in [0.1, 0.15) is 42.1 Å². The van der Waals surface area contributed by atoms with Crippen LogP contribution in [0.4, 0.5) is 0 Å². The first kappa shape index (κ1) is 22.5. The number of hydrogen-bond donors (Lipinski definition) is 1. The SMILES string of the molecule is CC(CC(=O)N1CCN(C(=O)CCCc2ccccc2)CC1)NC(=O)c1ccccc1. The van der Waals surface area contributed by atoms with Gasteiger partial charge in [0, 0.05) is 50.6 Å². The summed E-state index contributed by atoms with van der Waals surface area (Å²) in [5, 5.41) is 2.88. The molecule has 164 valence electrons. The molecule has 1 N–H and O–H groups in total. The minimum absolute atomic E-state index is 0.0111. The summed E-state index contributed by atoms with van der Waals surface area (Å²) in [6, 6.07) is 18.9. The van der Waals surface area contributed by atoms with E-state index in [0.29, 0.717) is 38.2 Å². The summed E-state index contributed by atoms with van der Waals surface area (Å²) in [5.74, 6) is -0.00428. The molecule has 1 fully saturated rings. The zero-order chi connectivity index (χ0) is 22.1. The van der Waals surface area contributed by atoms with Crippen LogP contribution >= 0.6 is 0 Å². The van der Waals surface area contributed by atoms with Gasteiger partial charge in [0.1, 0.15) is 0 Å². The molecule has 0 spiro atoms. The van der Waals surface area contributed by atoms with Crippen LogP contribution in [-0.2, 0) is 16.0 Å². The molecular formula is C25H31N3O3. The molecule has 3 rings (SSSR count). The third-order valence-corrected chi connectivity index (χ3v) is 5.58. The zero-order valence-electron chi connectivity index (χ0n) is 18.1. The molecule has 2 aromatic rings. The first-order valence-corrected chi connectivity index (χ1v) is 11.0. The average Bonchev–Trinajstić information content (AvgIpc) is 2.80. The largest absolute Gasteiger partial charge is 0.349 e. The quantitative estimate of drug-likeness (QED) is 0.713. The van der Waals surface area contributed by atoms with Crippen molar-refractivity contribution in [1.29, 1.82) is 0 Å². The Morgan fingerprint density at radius 3 is 2.00 bits per heavy atom. The van der Waals surface area contributed by atoms with Gasteiger partial charge in [0.05, 0.1) is 0 Å². The average molecular weight is 422 g/mol. The van der Waals surface area contributed by atoms with Crippen LogP contribution in [0.15, 0.2) is 60.7 Å². The molecule has 1 saturated heterocycles. The Bertz CT molecular complexity index is 862. The van der Waals surface area contributed by atoms with E-state index in [-0.39, 0.29) is 30.2 Å². The van der Waals surface area contributed by atoms with E-state index in [1.807, 2.05) is 48.2 Å². The summed E-state index contributed by atoms with van der Waals surface area (Å²) in [6.07, 6.45) is 2.52.